The van der Waals surface area contributed by atoms with Crippen LogP contribution in [-0.2, 0) is 9.78 Å². The summed E-state index contributed by atoms with van der Waals surface area (Å²) in [4.78, 5) is 20.7. The van der Waals surface area contributed by atoms with Gasteiger partial charge in [-0.2, -0.15) is 4.94 Å². The average molecular weight is 224 g/mol. The second kappa shape index (κ2) is 4.48. The van der Waals surface area contributed by atoms with Crippen LogP contribution in [0.2, 0.25) is 0 Å². The van der Waals surface area contributed by atoms with Crippen LogP contribution in [0, 0.1) is 6.92 Å². The maximum Gasteiger partial charge on any atom is 0.335 e. The summed E-state index contributed by atoms with van der Waals surface area (Å²) < 4.78 is 0. The zero-order valence-corrected chi connectivity index (χ0v) is 8.77. The Kier molecular flexibility index (Phi) is 3.04. The number of hydrogen-bond donors (Lipinski definition) is 2. The minimum Gasteiger partial charge on any atom is -0.478 e. The van der Waals surface area contributed by atoms with Crippen LogP contribution in [0.3, 0.4) is 0 Å². The summed E-state index contributed by atoms with van der Waals surface area (Å²) in [5.74, 6) is -0.956. The van der Waals surface area contributed by atoms with Crippen molar-refractivity contribution in [1.29, 1.82) is 0 Å². The van der Waals surface area contributed by atoms with Gasteiger partial charge in [0.15, 0.2) is 0 Å². The third-order valence-electron chi connectivity index (χ3n) is 2.33. The van der Waals surface area contributed by atoms with E-state index >= 15 is 0 Å². The molecule has 1 aromatic rings. The number of carboxylic acids is 1. The van der Waals surface area contributed by atoms with E-state index in [1.54, 1.807) is 23.3 Å². The molecular formula is C10H12N2O4. The molecule has 6 nitrogen and oxygen atoms in total. The number of nitrogens with one attached hydrogen (secondary N) is 1. The van der Waals surface area contributed by atoms with Crippen molar-refractivity contribution in [2.75, 3.05) is 18.2 Å². The Labute approximate surface area is 92.2 Å². The third kappa shape index (κ3) is 2.13. The van der Waals surface area contributed by atoms with E-state index in [0.29, 0.717) is 13.2 Å². The van der Waals surface area contributed by atoms with Gasteiger partial charge in [-0.05, 0) is 24.6 Å². The Morgan fingerprint density at radius 3 is 3.00 bits per heavy atom. The van der Waals surface area contributed by atoms with E-state index in [2.05, 4.69) is 5.64 Å². The van der Waals surface area contributed by atoms with Crippen molar-refractivity contribution in [1.82, 2.24) is 5.64 Å². The zero-order chi connectivity index (χ0) is 11.5. The highest BCUT2D eigenvalue weighted by atomic mass is 17.0. The number of hydrogen-bond acceptors (Lipinski definition) is 5. The van der Waals surface area contributed by atoms with Crippen LogP contribution < -0.4 is 10.7 Å². The summed E-state index contributed by atoms with van der Waals surface area (Å²) >= 11 is 0. The number of benzene rings is 1. The third-order valence-corrected chi connectivity index (χ3v) is 2.33. The topological polar surface area (TPSA) is 71.0 Å². The van der Waals surface area contributed by atoms with Gasteiger partial charge in [-0.25, -0.2) is 9.86 Å². The van der Waals surface area contributed by atoms with Crippen molar-refractivity contribution in [2.24, 2.45) is 0 Å². The van der Waals surface area contributed by atoms with E-state index < -0.39 is 5.97 Å². The number of aromatic carboxylic acids is 1. The molecule has 1 heterocycles. The van der Waals surface area contributed by atoms with Crippen LogP contribution >= 0.6 is 0 Å². The van der Waals surface area contributed by atoms with Gasteiger partial charge in [0.1, 0.15) is 0 Å². The molecule has 0 aromatic heterocycles. The Bertz CT molecular complexity index is 402. The molecule has 2 rings (SSSR count). The minimum atomic E-state index is -0.956. The molecule has 0 radical (unpaired) electrons. The lowest BCUT2D eigenvalue weighted by atomic mass is 10.1. The summed E-state index contributed by atoms with van der Waals surface area (Å²) in [6.45, 7) is 2.90. The van der Waals surface area contributed by atoms with Gasteiger partial charge in [-0.3, -0.25) is 4.84 Å². The van der Waals surface area contributed by atoms with E-state index in [0.717, 1.165) is 11.3 Å². The van der Waals surface area contributed by atoms with Crippen molar-refractivity contribution in [2.45, 2.75) is 6.92 Å². The highest BCUT2D eigenvalue weighted by Crippen LogP contribution is 2.22. The lowest BCUT2D eigenvalue weighted by molar-refractivity contribution is -0.210. The van der Waals surface area contributed by atoms with Gasteiger partial charge in [0.25, 0.3) is 0 Å². The Hall–Kier alpha value is -1.63. The molecule has 0 amide bonds. The number of rotatable bonds is 2. The van der Waals surface area contributed by atoms with E-state index in [4.69, 9.17) is 14.9 Å². The van der Waals surface area contributed by atoms with Crippen LogP contribution in [0.4, 0.5) is 5.69 Å². The summed E-state index contributed by atoms with van der Waals surface area (Å²) in [5, 5.41) is 10.5. The Morgan fingerprint density at radius 1 is 1.56 bits per heavy atom. The molecule has 0 bridgehead atoms. The molecule has 1 aromatic carbocycles. The maximum atomic E-state index is 10.8. The quantitative estimate of drug-likeness (QED) is 0.777. The first-order chi connectivity index (χ1) is 7.68. The number of nitrogens with zero attached hydrogens (tertiary/aromatic N) is 1. The molecule has 2 N–H and O–H groups in total. The number of carbonyl (C=O) groups is 1. The predicted molar refractivity (Wildman–Crippen MR) is 55.7 cm³/mol. The summed E-state index contributed by atoms with van der Waals surface area (Å²) in [6, 6.07) is 4.89. The SMILES string of the molecule is Cc1ccc(C(=O)O)cc1N1CCONO1. The van der Waals surface area contributed by atoms with Crippen molar-refractivity contribution >= 4 is 11.7 Å². The molecule has 0 spiro atoms. The summed E-state index contributed by atoms with van der Waals surface area (Å²) in [5.41, 5.74) is 4.18. The molecule has 0 saturated carbocycles. The van der Waals surface area contributed by atoms with Gasteiger partial charge in [0.2, 0.25) is 0 Å². The largest absolute Gasteiger partial charge is 0.478 e. The van der Waals surface area contributed by atoms with Crippen LogP contribution in [0.1, 0.15) is 15.9 Å². The fraction of sp³-hybridized carbons (Fsp3) is 0.300. The smallest absolute Gasteiger partial charge is 0.335 e. The lowest BCUT2D eigenvalue weighted by Crippen LogP contribution is -2.41. The fourth-order valence-electron chi connectivity index (χ4n) is 1.47. The Balaban J connectivity index is 2.30. The monoisotopic (exact) mass is 224 g/mol. The first kappa shape index (κ1) is 10.9. The van der Waals surface area contributed by atoms with Gasteiger partial charge < -0.3 is 5.11 Å². The minimum absolute atomic E-state index is 0.232. The van der Waals surface area contributed by atoms with Crippen LogP contribution in [-0.4, -0.2) is 24.2 Å². The maximum absolute atomic E-state index is 10.8. The van der Waals surface area contributed by atoms with Gasteiger partial charge >= 0.3 is 5.97 Å². The van der Waals surface area contributed by atoms with Crippen LogP contribution in [0.15, 0.2) is 18.2 Å². The molecule has 86 valence electrons. The molecule has 6 heteroatoms. The molecule has 0 atom stereocenters. The predicted octanol–water partition coefficient (Wildman–Crippen LogP) is 0.881. The molecule has 16 heavy (non-hydrogen) atoms. The summed E-state index contributed by atoms with van der Waals surface area (Å²) in [7, 11) is 0. The molecule has 1 fully saturated rings. The normalized spacial score (nSPS) is 16.2. The van der Waals surface area contributed by atoms with Gasteiger partial charge in [-0.15, -0.1) is 0 Å². The molecule has 1 aliphatic heterocycles. The molecule has 1 aliphatic rings. The van der Waals surface area contributed by atoms with Crippen molar-refractivity contribution in [3.8, 4) is 0 Å². The molecule has 0 unspecified atom stereocenters. The van der Waals surface area contributed by atoms with E-state index in [1.807, 2.05) is 6.92 Å². The van der Waals surface area contributed by atoms with Crippen molar-refractivity contribution < 1.29 is 19.7 Å². The Morgan fingerprint density at radius 2 is 2.38 bits per heavy atom. The van der Waals surface area contributed by atoms with E-state index in [-0.39, 0.29) is 5.56 Å². The van der Waals surface area contributed by atoms with Gasteiger partial charge in [0.05, 0.1) is 24.4 Å². The zero-order valence-electron chi connectivity index (χ0n) is 8.77. The number of carboxylic acid groups (broad SMARTS) is 1. The highest BCUT2D eigenvalue weighted by molar-refractivity contribution is 5.89. The fourth-order valence-corrected chi connectivity index (χ4v) is 1.47. The lowest BCUT2D eigenvalue weighted by Gasteiger charge is -2.28. The number of aryl methyl sites for hydroxylation is 1. The second-order valence-electron chi connectivity index (χ2n) is 3.43. The van der Waals surface area contributed by atoms with Crippen molar-refractivity contribution in [3.05, 3.63) is 29.3 Å². The van der Waals surface area contributed by atoms with E-state index in [1.165, 1.54) is 0 Å². The molecule has 0 aliphatic carbocycles. The van der Waals surface area contributed by atoms with Gasteiger partial charge in [-0.1, -0.05) is 11.7 Å². The molecule has 1 saturated heterocycles. The van der Waals surface area contributed by atoms with E-state index in [9.17, 15) is 4.79 Å². The van der Waals surface area contributed by atoms with Crippen LogP contribution in [0.5, 0.6) is 0 Å². The number of anilines is 1. The van der Waals surface area contributed by atoms with Gasteiger partial charge in [0, 0.05) is 0 Å². The molecular weight excluding hydrogens is 212 g/mol. The van der Waals surface area contributed by atoms with Crippen molar-refractivity contribution in [3.63, 3.8) is 0 Å². The first-order valence-electron chi connectivity index (χ1n) is 4.84. The first-order valence-corrected chi connectivity index (χ1v) is 4.84. The highest BCUT2D eigenvalue weighted by Gasteiger charge is 2.16. The standard InChI is InChI=1S/C10H12N2O4/c1-7-2-3-8(10(13)14)6-9(7)12-4-5-15-11-16-12/h2-3,6,11H,4-5H2,1H3,(H,13,14). The summed E-state index contributed by atoms with van der Waals surface area (Å²) in [6.07, 6.45) is 0. The second-order valence-corrected chi connectivity index (χ2v) is 3.43. The number of hydroxylamine groups is 1. The average Bonchev–Trinajstić information content (AvgIpc) is 2.30. The van der Waals surface area contributed by atoms with Crippen LogP contribution in [0.25, 0.3) is 0 Å².